The van der Waals surface area contributed by atoms with Crippen LogP contribution in [0.25, 0.3) is 6.08 Å². The molecule has 0 fully saturated rings. The zero-order valence-corrected chi connectivity index (χ0v) is 5.07. The van der Waals surface area contributed by atoms with E-state index in [1.165, 1.54) is 0 Å². The van der Waals surface area contributed by atoms with Crippen molar-refractivity contribution in [2.75, 3.05) is 5.43 Å². The molecule has 1 aliphatic rings. The summed E-state index contributed by atoms with van der Waals surface area (Å²) < 4.78 is 0. The molecule has 5 heteroatoms. The molecule has 0 radical (unpaired) electrons. The van der Waals surface area contributed by atoms with E-state index in [9.17, 15) is 0 Å². The van der Waals surface area contributed by atoms with E-state index in [4.69, 9.17) is 0 Å². The third kappa shape index (κ3) is 0.680. The van der Waals surface area contributed by atoms with Crippen LogP contribution in [0.4, 0.5) is 5.82 Å². The van der Waals surface area contributed by atoms with Crippen LogP contribution in [0, 0.1) is 0 Å². The average Bonchev–Trinajstić information content (AvgIpc) is 2.28. The number of aromatic nitrogens is 2. The summed E-state index contributed by atoms with van der Waals surface area (Å²) in [5.41, 5.74) is 3.55. The van der Waals surface area contributed by atoms with Crippen LogP contribution in [0.5, 0.6) is 0 Å². The predicted molar refractivity (Wildman–Crippen MR) is 36.1 cm³/mol. The fraction of sp³-hybridized carbons (Fsp3) is 0. The van der Waals surface area contributed by atoms with Crippen molar-refractivity contribution in [3.63, 3.8) is 0 Å². The van der Waals surface area contributed by atoms with Crippen LogP contribution in [0.2, 0.25) is 0 Å². The maximum Gasteiger partial charge on any atom is 0.173 e. The van der Waals surface area contributed by atoms with E-state index in [0.29, 0.717) is 5.82 Å². The first-order valence-corrected chi connectivity index (χ1v) is 2.82. The van der Waals surface area contributed by atoms with Gasteiger partial charge in [0.25, 0.3) is 0 Å². The van der Waals surface area contributed by atoms with E-state index in [1.807, 2.05) is 0 Å². The van der Waals surface area contributed by atoms with Crippen molar-refractivity contribution in [1.29, 1.82) is 0 Å². The van der Waals surface area contributed by atoms with E-state index in [-0.39, 0.29) is 0 Å². The Labute approximate surface area is 56.9 Å². The van der Waals surface area contributed by atoms with Crippen molar-refractivity contribution in [3.8, 4) is 0 Å². The van der Waals surface area contributed by atoms with Crippen LogP contribution in [0.3, 0.4) is 0 Å². The van der Waals surface area contributed by atoms with Gasteiger partial charge in [0.05, 0.1) is 18.2 Å². The summed E-state index contributed by atoms with van der Waals surface area (Å²) in [6.45, 7) is 0. The fourth-order valence-corrected chi connectivity index (χ4v) is 0.738. The van der Waals surface area contributed by atoms with Crippen LogP contribution < -0.4 is 5.43 Å². The van der Waals surface area contributed by atoms with Crippen LogP contribution in [0.15, 0.2) is 22.9 Å². The number of nitrogens with zero attached hydrogens (tertiary/aromatic N) is 3. The van der Waals surface area contributed by atoms with Crippen LogP contribution in [-0.2, 0) is 0 Å². The minimum atomic E-state index is 0.706. The van der Waals surface area contributed by atoms with Gasteiger partial charge >= 0.3 is 0 Å². The van der Waals surface area contributed by atoms with Gasteiger partial charge in [0.15, 0.2) is 5.82 Å². The van der Waals surface area contributed by atoms with E-state index in [1.54, 1.807) is 18.6 Å². The number of hydrogen-bond donors (Lipinski definition) is 2. The maximum absolute atomic E-state index is 3.95. The Bertz CT molecular complexity index is 284. The number of nitrogens with one attached hydrogen (secondary N) is 2. The zero-order valence-electron chi connectivity index (χ0n) is 5.07. The molecule has 0 saturated carbocycles. The third-order valence-electron chi connectivity index (χ3n) is 1.19. The van der Waals surface area contributed by atoms with E-state index < -0.39 is 0 Å². The first kappa shape index (κ1) is 5.16. The quantitative estimate of drug-likeness (QED) is 0.560. The lowest BCUT2D eigenvalue weighted by atomic mass is 10.4. The molecule has 0 amide bonds. The van der Waals surface area contributed by atoms with Crippen LogP contribution in [0.1, 0.15) is 5.69 Å². The fourth-order valence-electron chi connectivity index (χ4n) is 0.738. The molecular weight excluding hydrogens is 130 g/mol. The van der Waals surface area contributed by atoms with E-state index >= 15 is 0 Å². The number of hydrogen-bond acceptors (Lipinski definition) is 4. The highest BCUT2D eigenvalue weighted by molar-refractivity contribution is 5.59. The lowest BCUT2D eigenvalue weighted by molar-refractivity contribution is 1.12. The predicted octanol–water partition coefficient (Wildman–Crippen LogP) is 1.17. The highest BCUT2D eigenvalue weighted by Gasteiger charge is 2.01. The Hall–Kier alpha value is -1.65. The van der Waals surface area contributed by atoms with Crippen LogP contribution >= 0.6 is 0 Å². The van der Waals surface area contributed by atoms with Crippen molar-refractivity contribution in [2.24, 2.45) is 10.3 Å². The molecule has 1 aliphatic heterocycles. The average molecular weight is 135 g/mol. The number of aromatic amines is 1. The second kappa shape index (κ2) is 1.94. The molecular formula is C5H5N5. The molecule has 0 unspecified atom stereocenters. The SMILES string of the molecule is C1=Cc2[nH]cnc2NN=N1. The minimum Gasteiger partial charge on any atom is -0.343 e. The molecule has 10 heavy (non-hydrogen) atoms. The number of rotatable bonds is 0. The highest BCUT2D eigenvalue weighted by Crippen LogP contribution is 2.13. The Balaban J connectivity index is 2.50. The zero-order chi connectivity index (χ0) is 6.81. The van der Waals surface area contributed by atoms with Gasteiger partial charge in [-0.1, -0.05) is 5.22 Å². The Morgan fingerprint density at radius 3 is 3.40 bits per heavy atom. The molecule has 2 heterocycles. The van der Waals surface area contributed by atoms with Crippen molar-refractivity contribution in [3.05, 3.63) is 18.2 Å². The van der Waals surface area contributed by atoms with Crippen LogP contribution in [-0.4, -0.2) is 9.97 Å². The smallest absolute Gasteiger partial charge is 0.173 e. The second-order valence-electron chi connectivity index (χ2n) is 1.81. The summed E-state index contributed by atoms with van der Waals surface area (Å²) in [6.07, 6.45) is 4.99. The molecule has 50 valence electrons. The van der Waals surface area contributed by atoms with Gasteiger partial charge < -0.3 is 4.98 Å². The van der Waals surface area contributed by atoms with Gasteiger partial charge in [-0.3, -0.25) is 0 Å². The standard InChI is InChI=1S/C5H5N5/c1-2-8-10-9-5-4(1)6-3-7-5/h1-3H,(H,6,7)(H,8,9). The highest BCUT2D eigenvalue weighted by atomic mass is 15.4. The molecule has 1 aromatic rings. The normalized spacial score (nSPS) is 14.0. The van der Waals surface area contributed by atoms with E-state index in [0.717, 1.165) is 5.69 Å². The Morgan fingerprint density at radius 1 is 1.40 bits per heavy atom. The molecule has 0 bridgehead atoms. The van der Waals surface area contributed by atoms with Gasteiger partial charge in [-0.15, -0.1) is 5.11 Å². The summed E-state index contributed by atoms with van der Waals surface area (Å²) in [4.78, 5) is 6.86. The largest absolute Gasteiger partial charge is 0.343 e. The van der Waals surface area contributed by atoms with Gasteiger partial charge in [0.2, 0.25) is 0 Å². The topological polar surface area (TPSA) is 65.4 Å². The summed E-state index contributed by atoms with van der Waals surface area (Å²) in [7, 11) is 0. The molecule has 0 aromatic carbocycles. The molecule has 1 aromatic heterocycles. The van der Waals surface area contributed by atoms with Crippen molar-refractivity contribution < 1.29 is 0 Å². The Morgan fingerprint density at radius 2 is 2.40 bits per heavy atom. The molecule has 2 N–H and O–H groups in total. The maximum atomic E-state index is 3.95. The Kier molecular flexibility index (Phi) is 1.00. The van der Waals surface area contributed by atoms with Gasteiger partial charge in [0.1, 0.15) is 0 Å². The van der Waals surface area contributed by atoms with Gasteiger partial charge in [-0.05, 0) is 6.08 Å². The molecule has 0 aliphatic carbocycles. The number of H-pyrrole nitrogens is 1. The first-order chi connectivity index (χ1) is 4.97. The van der Waals surface area contributed by atoms with Crippen molar-refractivity contribution in [2.45, 2.75) is 0 Å². The molecule has 5 nitrogen and oxygen atoms in total. The lowest BCUT2D eigenvalue weighted by Gasteiger charge is -1.89. The van der Waals surface area contributed by atoms with Gasteiger partial charge in [0, 0.05) is 0 Å². The lowest BCUT2D eigenvalue weighted by Crippen LogP contribution is -1.86. The van der Waals surface area contributed by atoms with Gasteiger partial charge in [-0.2, -0.15) is 0 Å². The monoisotopic (exact) mass is 135 g/mol. The molecule has 0 atom stereocenters. The second-order valence-corrected chi connectivity index (χ2v) is 1.81. The van der Waals surface area contributed by atoms with Crippen molar-refractivity contribution in [1.82, 2.24) is 9.97 Å². The summed E-state index contributed by atoms with van der Waals surface area (Å²) in [6, 6.07) is 0. The summed E-state index contributed by atoms with van der Waals surface area (Å²) in [5, 5.41) is 7.22. The summed E-state index contributed by atoms with van der Waals surface area (Å²) in [5.74, 6) is 0.706. The summed E-state index contributed by atoms with van der Waals surface area (Å²) >= 11 is 0. The number of anilines is 1. The van der Waals surface area contributed by atoms with Crippen molar-refractivity contribution >= 4 is 11.9 Å². The number of fused-ring (bicyclic) bond motifs is 1. The first-order valence-electron chi connectivity index (χ1n) is 2.82. The van der Waals surface area contributed by atoms with Gasteiger partial charge in [-0.25, -0.2) is 10.4 Å². The minimum absolute atomic E-state index is 0.706. The third-order valence-corrected chi connectivity index (χ3v) is 1.19. The molecule has 0 spiro atoms. The number of imidazole rings is 1. The molecule has 2 rings (SSSR count). The van der Waals surface area contributed by atoms with E-state index in [2.05, 4.69) is 25.7 Å². The molecule has 0 saturated heterocycles.